The van der Waals surface area contributed by atoms with Crippen LogP contribution in [-0.4, -0.2) is 72.3 Å². The molecule has 1 aromatic carbocycles. The summed E-state index contributed by atoms with van der Waals surface area (Å²) in [5.41, 5.74) is 3.68. The number of carbonyl (C=O) groups excluding carboxylic acids is 1. The van der Waals surface area contributed by atoms with Gasteiger partial charge in [0.05, 0.1) is 11.4 Å². The molecule has 0 unspecified atom stereocenters. The van der Waals surface area contributed by atoms with Crippen LogP contribution in [0.15, 0.2) is 41.4 Å². The summed E-state index contributed by atoms with van der Waals surface area (Å²) < 4.78 is 30.0. The van der Waals surface area contributed by atoms with Crippen LogP contribution < -0.4 is 0 Å². The number of sulfonamides is 1. The predicted molar refractivity (Wildman–Crippen MR) is 118 cm³/mol. The molecule has 2 aromatic rings. The van der Waals surface area contributed by atoms with Gasteiger partial charge in [-0.25, -0.2) is 8.42 Å². The van der Waals surface area contributed by atoms with E-state index in [1.807, 2.05) is 17.0 Å². The number of carbonyl (C=O) groups is 1. The number of hydrogen-bond donors (Lipinski definition) is 0. The molecule has 3 aliphatic rings. The summed E-state index contributed by atoms with van der Waals surface area (Å²) in [4.78, 5) is 17.3. The molecule has 1 atom stereocenters. The molecule has 0 radical (unpaired) electrons. The van der Waals surface area contributed by atoms with Crippen molar-refractivity contribution >= 4 is 15.9 Å². The normalized spacial score (nSPS) is 22.4. The second-order valence-electron chi connectivity index (χ2n) is 8.84. The van der Waals surface area contributed by atoms with Crippen molar-refractivity contribution in [3.63, 3.8) is 0 Å². The van der Waals surface area contributed by atoms with E-state index in [9.17, 15) is 13.2 Å². The number of aromatic nitrogens is 1. The number of benzene rings is 1. The molecule has 0 bridgehead atoms. The SMILES string of the molecule is C[C@H]1c2cccn2CCN1CC(=O)N1CCN(S(=O)(=O)c2ccc3c(c2)CCC3)CC1. The van der Waals surface area contributed by atoms with Crippen LogP contribution in [0, 0.1) is 0 Å². The maximum absolute atomic E-state index is 13.1. The fourth-order valence-corrected chi connectivity index (χ4v) is 6.63. The molecule has 7 nitrogen and oxygen atoms in total. The van der Waals surface area contributed by atoms with Crippen LogP contribution in [0.25, 0.3) is 0 Å². The van der Waals surface area contributed by atoms with Crippen molar-refractivity contribution in [2.45, 2.75) is 43.7 Å². The van der Waals surface area contributed by atoms with E-state index >= 15 is 0 Å². The summed E-state index contributed by atoms with van der Waals surface area (Å²) in [5, 5.41) is 0. The zero-order valence-corrected chi connectivity index (χ0v) is 18.9. The lowest BCUT2D eigenvalue weighted by molar-refractivity contribution is -0.134. The molecule has 1 aromatic heterocycles. The van der Waals surface area contributed by atoms with Gasteiger partial charge in [0.25, 0.3) is 0 Å². The van der Waals surface area contributed by atoms with Gasteiger partial charge in [0.15, 0.2) is 0 Å². The quantitative estimate of drug-likeness (QED) is 0.725. The van der Waals surface area contributed by atoms with Crippen molar-refractivity contribution in [3.05, 3.63) is 53.3 Å². The number of rotatable bonds is 4. The maximum atomic E-state index is 13.1. The standard InChI is InChI=1S/C23H30N4O3S/c1-18-22-6-3-9-24(22)10-11-26(18)17-23(28)25-12-14-27(15-13-25)31(29,30)21-8-7-19-4-2-5-20(19)16-21/h3,6-9,16,18H,2,4-5,10-15,17H2,1H3/t18-/m0/s1. The molecule has 1 saturated heterocycles. The third-order valence-corrected chi connectivity index (χ3v) is 9.00. The van der Waals surface area contributed by atoms with Crippen LogP contribution in [0.5, 0.6) is 0 Å². The molecule has 31 heavy (non-hydrogen) atoms. The Hall–Kier alpha value is -2.16. The van der Waals surface area contributed by atoms with E-state index in [4.69, 9.17) is 0 Å². The minimum absolute atomic E-state index is 0.0847. The van der Waals surface area contributed by atoms with Crippen LogP contribution in [0.4, 0.5) is 0 Å². The summed E-state index contributed by atoms with van der Waals surface area (Å²) in [7, 11) is -3.51. The second kappa shape index (κ2) is 8.07. The zero-order chi connectivity index (χ0) is 21.6. The van der Waals surface area contributed by atoms with Crippen LogP contribution in [0.2, 0.25) is 0 Å². The second-order valence-corrected chi connectivity index (χ2v) is 10.8. The van der Waals surface area contributed by atoms with Crippen molar-refractivity contribution in [2.24, 2.45) is 0 Å². The Kier molecular flexibility index (Phi) is 5.40. The highest BCUT2D eigenvalue weighted by molar-refractivity contribution is 7.89. The Morgan fingerprint density at radius 2 is 1.77 bits per heavy atom. The van der Waals surface area contributed by atoms with Gasteiger partial charge < -0.3 is 9.47 Å². The number of piperazine rings is 1. The number of aryl methyl sites for hydroxylation is 2. The molecule has 2 aliphatic heterocycles. The molecule has 5 rings (SSSR count). The minimum atomic E-state index is -3.51. The van der Waals surface area contributed by atoms with Gasteiger partial charge in [0.1, 0.15) is 0 Å². The Balaban J connectivity index is 1.20. The molecule has 1 amide bonds. The predicted octanol–water partition coefficient (Wildman–Crippen LogP) is 1.89. The van der Waals surface area contributed by atoms with Gasteiger partial charge in [-0.1, -0.05) is 6.07 Å². The van der Waals surface area contributed by atoms with Gasteiger partial charge >= 0.3 is 0 Å². The molecular formula is C23H30N4O3S. The van der Waals surface area contributed by atoms with Gasteiger partial charge in [-0.15, -0.1) is 0 Å². The average Bonchev–Trinajstić information content (AvgIpc) is 3.44. The Bertz CT molecular complexity index is 1090. The van der Waals surface area contributed by atoms with Crippen molar-refractivity contribution in [2.75, 3.05) is 39.3 Å². The minimum Gasteiger partial charge on any atom is -0.349 e. The summed E-state index contributed by atoms with van der Waals surface area (Å²) in [6, 6.07) is 9.93. The fourth-order valence-electron chi connectivity index (χ4n) is 5.15. The van der Waals surface area contributed by atoms with Gasteiger partial charge in [0.2, 0.25) is 15.9 Å². The van der Waals surface area contributed by atoms with Crippen molar-refractivity contribution in [3.8, 4) is 0 Å². The van der Waals surface area contributed by atoms with E-state index in [0.717, 1.165) is 37.9 Å². The lowest BCUT2D eigenvalue weighted by Crippen LogP contribution is -2.53. The van der Waals surface area contributed by atoms with E-state index in [-0.39, 0.29) is 11.9 Å². The molecule has 1 aliphatic carbocycles. The highest BCUT2D eigenvalue weighted by Gasteiger charge is 2.32. The summed E-state index contributed by atoms with van der Waals surface area (Å²) >= 11 is 0. The third kappa shape index (κ3) is 3.81. The first-order valence-corrected chi connectivity index (χ1v) is 12.7. The molecular weight excluding hydrogens is 412 g/mol. The number of nitrogens with zero attached hydrogens (tertiary/aromatic N) is 4. The number of fused-ring (bicyclic) bond motifs is 2. The van der Waals surface area contributed by atoms with Gasteiger partial charge in [-0.3, -0.25) is 9.69 Å². The highest BCUT2D eigenvalue weighted by Crippen LogP contribution is 2.27. The monoisotopic (exact) mass is 442 g/mol. The average molecular weight is 443 g/mol. The van der Waals surface area contributed by atoms with E-state index < -0.39 is 10.0 Å². The Morgan fingerprint density at radius 3 is 2.58 bits per heavy atom. The van der Waals surface area contributed by atoms with Crippen LogP contribution in [0.1, 0.15) is 36.2 Å². The van der Waals surface area contributed by atoms with E-state index in [2.05, 4.69) is 34.7 Å². The number of hydrogen-bond acceptors (Lipinski definition) is 4. The van der Waals surface area contributed by atoms with Gasteiger partial charge in [-0.2, -0.15) is 4.31 Å². The topological polar surface area (TPSA) is 65.9 Å². The fraction of sp³-hybridized carbons (Fsp3) is 0.522. The van der Waals surface area contributed by atoms with Crippen molar-refractivity contribution < 1.29 is 13.2 Å². The molecule has 0 spiro atoms. The molecule has 166 valence electrons. The smallest absolute Gasteiger partial charge is 0.243 e. The molecule has 0 N–H and O–H groups in total. The van der Waals surface area contributed by atoms with E-state index in [0.29, 0.717) is 37.6 Å². The van der Waals surface area contributed by atoms with E-state index in [1.165, 1.54) is 15.6 Å². The zero-order valence-electron chi connectivity index (χ0n) is 18.0. The summed E-state index contributed by atoms with van der Waals surface area (Å²) in [6.07, 6.45) is 5.19. The first-order chi connectivity index (χ1) is 14.9. The largest absolute Gasteiger partial charge is 0.349 e. The lowest BCUT2D eigenvalue weighted by atomic mass is 10.1. The van der Waals surface area contributed by atoms with Gasteiger partial charge in [-0.05, 0) is 61.6 Å². The lowest BCUT2D eigenvalue weighted by Gasteiger charge is -2.38. The van der Waals surface area contributed by atoms with Crippen molar-refractivity contribution in [1.82, 2.24) is 18.7 Å². The maximum Gasteiger partial charge on any atom is 0.243 e. The molecule has 3 heterocycles. The Morgan fingerprint density at radius 1 is 1.00 bits per heavy atom. The Labute approximate surface area is 184 Å². The molecule has 8 heteroatoms. The summed E-state index contributed by atoms with van der Waals surface area (Å²) in [6.45, 7) is 5.85. The highest BCUT2D eigenvalue weighted by atomic mass is 32.2. The number of amides is 1. The van der Waals surface area contributed by atoms with Crippen LogP contribution in [0.3, 0.4) is 0 Å². The van der Waals surface area contributed by atoms with Crippen molar-refractivity contribution in [1.29, 1.82) is 0 Å². The first kappa shape index (κ1) is 20.7. The molecule has 0 saturated carbocycles. The summed E-state index contributed by atoms with van der Waals surface area (Å²) in [5.74, 6) is 0.0847. The van der Waals surface area contributed by atoms with Crippen LogP contribution in [-0.2, 0) is 34.2 Å². The van der Waals surface area contributed by atoms with Gasteiger partial charge in [0, 0.05) is 57.2 Å². The molecule has 1 fully saturated rings. The third-order valence-electron chi connectivity index (χ3n) is 7.11. The van der Waals surface area contributed by atoms with Crippen LogP contribution >= 0.6 is 0 Å². The first-order valence-electron chi connectivity index (χ1n) is 11.2. The van der Waals surface area contributed by atoms with E-state index in [1.54, 1.807) is 6.07 Å².